The molecule has 6 nitrogen and oxygen atoms in total. The van der Waals surface area contributed by atoms with Crippen molar-refractivity contribution >= 4 is 23.2 Å². The van der Waals surface area contributed by atoms with Gasteiger partial charge in [0.25, 0.3) is 17.5 Å². The Bertz CT molecular complexity index is 604. The molecule has 0 aromatic heterocycles. The first kappa shape index (κ1) is 12.0. The summed E-state index contributed by atoms with van der Waals surface area (Å²) in [6, 6.07) is 4.31. The number of imide groups is 1. The number of anilines is 1. The fourth-order valence-corrected chi connectivity index (χ4v) is 1.78. The van der Waals surface area contributed by atoms with Crippen molar-refractivity contribution in [3.63, 3.8) is 0 Å². The molecule has 0 radical (unpaired) electrons. The molecule has 0 aliphatic carbocycles. The van der Waals surface area contributed by atoms with Gasteiger partial charge in [0.15, 0.2) is 0 Å². The molecule has 0 fully saturated rings. The number of nitro benzene ring substituents is 1. The molecule has 0 bridgehead atoms. The van der Waals surface area contributed by atoms with Crippen molar-refractivity contribution in [3.05, 3.63) is 45.5 Å². The molecule has 1 heterocycles. The van der Waals surface area contributed by atoms with E-state index in [9.17, 15) is 19.7 Å². The van der Waals surface area contributed by atoms with Gasteiger partial charge in [0, 0.05) is 17.7 Å². The summed E-state index contributed by atoms with van der Waals surface area (Å²) in [5.41, 5.74) is 0.769. The molecular weight excluding hydrogens is 236 g/mol. The van der Waals surface area contributed by atoms with E-state index in [4.69, 9.17) is 0 Å². The predicted molar refractivity (Wildman–Crippen MR) is 64.1 cm³/mol. The maximum absolute atomic E-state index is 11.8. The molecule has 0 N–H and O–H groups in total. The standard InChI is InChI=1S/C12H10N2O4/c1-7-3-4-9(14(17)18)10(5-7)13-11(15)6-8(2)12(13)16/h3-6H,1-2H3. The maximum Gasteiger partial charge on any atom is 0.293 e. The number of hydrogen-bond donors (Lipinski definition) is 0. The first-order valence-electron chi connectivity index (χ1n) is 5.23. The monoisotopic (exact) mass is 246 g/mol. The van der Waals surface area contributed by atoms with Gasteiger partial charge >= 0.3 is 0 Å². The molecule has 1 aromatic carbocycles. The molecule has 0 saturated heterocycles. The number of amides is 2. The summed E-state index contributed by atoms with van der Waals surface area (Å²) < 4.78 is 0. The number of nitrogens with zero attached hydrogens (tertiary/aromatic N) is 2. The van der Waals surface area contributed by atoms with Crippen molar-refractivity contribution in [2.75, 3.05) is 4.90 Å². The van der Waals surface area contributed by atoms with Crippen LogP contribution in [0.4, 0.5) is 11.4 Å². The van der Waals surface area contributed by atoms with Gasteiger partial charge in [0.05, 0.1) is 4.92 Å². The summed E-state index contributed by atoms with van der Waals surface area (Å²) in [4.78, 5) is 34.7. The lowest BCUT2D eigenvalue weighted by atomic mass is 10.1. The third-order valence-electron chi connectivity index (χ3n) is 2.67. The minimum atomic E-state index is -0.608. The normalized spacial score (nSPS) is 15.0. The summed E-state index contributed by atoms with van der Waals surface area (Å²) >= 11 is 0. The van der Waals surface area contributed by atoms with Crippen molar-refractivity contribution in [3.8, 4) is 0 Å². The van der Waals surface area contributed by atoms with Gasteiger partial charge in [-0.15, -0.1) is 0 Å². The highest BCUT2D eigenvalue weighted by Crippen LogP contribution is 2.32. The van der Waals surface area contributed by atoms with Crippen molar-refractivity contribution in [1.29, 1.82) is 0 Å². The number of carbonyl (C=O) groups is 2. The maximum atomic E-state index is 11.8. The highest BCUT2D eigenvalue weighted by atomic mass is 16.6. The summed E-state index contributed by atoms with van der Waals surface area (Å²) in [5, 5.41) is 10.9. The molecule has 0 spiro atoms. The number of benzene rings is 1. The fourth-order valence-electron chi connectivity index (χ4n) is 1.78. The van der Waals surface area contributed by atoms with Crippen molar-refractivity contribution in [1.82, 2.24) is 0 Å². The second kappa shape index (κ2) is 4.06. The second-order valence-corrected chi connectivity index (χ2v) is 4.06. The molecule has 2 rings (SSSR count). The Kier molecular flexibility index (Phi) is 2.70. The van der Waals surface area contributed by atoms with Gasteiger partial charge in [-0.3, -0.25) is 19.7 Å². The van der Waals surface area contributed by atoms with Crippen LogP contribution in [0.5, 0.6) is 0 Å². The van der Waals surface area contributed by atoms with E-state index in [0.717, 1.165) is 10.5 Å². The van der Waals surface area contributed by atoms with Crippen LogP contribution in [-0.2, 0) is 9.59 Å². The molecule has 1 aliphatic rings. The van der Waals surface area contributed by atoms with Crippen LogP contribution in [-0.4, -0.2) is 16.7 Å². The molecule has 18 heavy (non-hydrogen) atoms. The SMILES string of the molecule is CC1=CC(=O)N(c2cc(C)ccc2[N+](=O)[O-])C1=O. The van der Waals surface area contributed by atoms with E-state index in [1.807, 2.05) is 0 Å². The predicted octanol–water partition coefficient (Wildman–Crippen LogP) is 1.72. The van der Waals surface area contributed by atoms with Gasteiger partial charge in [0.1, 0.15) is 5.69 Å². The topological polar surface area (TPSA) is 80.5 Å². The highest BCUT2D eigenvalue weighted by molar-refractivity contribution is 6.31. The Balaban J connectivity index is 2.58. The number of carbonyl (C=O) groups excluding carboxylic acids is 2. The van der Waals surface area contributed by atoms with Gasteiger partial charge in [-0.2, -0.15) is 0 Å². The molecule has 0 unspecified atom stereocenters. The fraction of sp³-hybridized carbons (Fsp3) is 0.167. The third kappa shape index (κ3) is 1.77. The van der Waals surface area contributed by atoms with E-state index in [2.05, 4.69) is 0 Å². The van der Waals surface area contributed by atoms with Crippen LogP contribution in [0.25, 0.3) is 0 Å². The van der Waals surface area contributed by atoms with Crippen molar-refractivity contribution in [2.24, 2.45) is 0 Å². The number of rotatable bonds is 2. The van der Waals surface area contributed by atoms with E-state index < -0.39 is 16.7 Å². The Morgan fingerprint density at radius 2 is 1.89 bits per heavy atom. The lowest BCUT2D eigenvalue weighted by molar-refractivity contribution is -0.384. The van der Waals surface area contributed by atoms with E-state index >= 15 is 0 Å². The van der Waals surface area contributed by atoms with Crippen LogP contribution in [0.1, 0.15) is 12.5 Å². The first-order valence-corrected chi connectivity index (χ1v) is 5.23. The smallest absolute Gasteiger partial charge is 0.269 e. The quantitative estimate of drug-likeness (QED) is 0.452. The summed E-state index contributed by atoms with van der Waals surface area (Å²) in [7, 11) is 0. The molecule has 0 atom stereocenters. The average molecular weight is 246 g/mol. The van der Waals surface area contributed by atoms with Crippen LogP contribution in [0.15, 0.2) is 29.8 Å². The molecule has 6 heteroatoms. The highest BCUT2D eigenvalue weighted by Gasteiger charge is 2.34. The van der Waals surface area contributed by atoms with Gasteiger partial charge in [0.2, 0.25) is 0 Å². The van der Waals surface area contributed by atoms with Crippen LogP contribution in [0, 0.1) is 17.0 Å². The lowest BCUT2D eigenvalue weighted by Gasteiger charge is -2.14. The largest absolute Gasteiger partial charge is 0.293 e. The second-order valence-electron chi connectivity index (χ2n) is 4.06. The van der Waals surface area contributed by atoms with Crippen LogP contribution < -0.4 is 4.90 Å². The van der Waals surface area contributed by atoms with E-state index in [0.29, 0.717) is 0 Å². The van der Waals surface area contributed by atoms with Gasteiger partial charge in [-0.1, -0.05) is 6.07 Å². The zero-order valence-corrected chi connectivity index (χ0v) is 9.84. The van der Waals surface area contributed by atoms with Crippen LogP contribution in [0.2, 0.25) is 0 Å². The number of nitro groups is 1. The minimum absolute atomic E-state index is 0.0168. The van der Waals surface area contributed by atoms with E-state index in [1.54, 1.807) is 13.0 Å². The Morgan fingerprint density at radius 3 is 2.39 bits per heavy atom. The zero-order valence-electron chi connectivity index (χ0n) is 9.84. The average Bonchev–Trinajstić information content (AvgIpc) is 2.52. The molecule has 0 saturated carbocycles. The summed E-state index contributed by atoms with van der Waals surface area (Å²) in [5.74, 6) is -1.07. The van der Waals surface area contributed by atoms with Gasteiger partial charge in [-0.25, -0.2) is 4.90 Å². The van der Waals surface area contributed by atoms with E-state index in [-0.39, 0.29) is 16.9 Å². The molecule has 1 aliphatic heterocycles. The molecule has 1 aromatic rings. The first-order chi connectivity index (χ1) is 8.41. The molecule has 92 valence electrons. The Hall–Kier alpha value is -2.50. The minimum Gasteiger partial charge on any atom is -0.269 e. The van der Waals surface area contributed by atoms with Crippen molar-refractivity contribution in [2.45, 2.75) is 13.8 Å². The number of aryl methyl sites for hydroxylation is 1. The number of hydrogen-bond acceptors (Lipinski definition) is 4. The summed E-state index contributed by atoms with van der Waals surface area (Å²) in [6.45, 7) is 3.24. The lowest BCUT2D eigenvalue weighted by Crippen LogP contribution is -2.31. The summed E-state index contributed by atoms with van der Waals surface area (Å²) in [6.07, 6.45) is 1.17. The van der Waals surface area contributed by atoms with Gasteiger partial charge < -0.3 is 0 Å². The van der Waals surface area contributed by atoms with Gasteiger partial charge in [-0.05, 0) is 25.5 Å². The van der Waals surface area contributed by atoms with Crippen LogP contribution in [0.3, 0.4) is 0 Å². The van der Waals surface area contributed by atoms with Crippen LogP contribution >= 0.6 is 0 Å². The molecule has 2 amide bonds. The third-order valence-corrected chi connectivity index (χ3v) is 2.67. The Morgan fingerprint density at radius 1 is 1.22 bits per heavy atom. The van der Waals surface area contributed by atoms with Crippen molar-refractivity contribution < 1.29 is 14.5 Å². The zero-order chi connectivity index (χ0) is 13.4. The Labute approximate surface area is 103 Å². The molecular formula is C12H10N2O4. The van der Waals surface area contributed by atoms with E-state index in [1.165, 1.54) is 25.1 Å².